The molecule has 17 heavy (non-hydrogen) atoms. The van der Waals surface area contributed by atoms with Crippen LogP contribution in [-0.4, -0.2) is 43.4 Å². The lowest BCUT2D eigenvalue weighted by Gasteiger charge is -2.30. The van der Waals surface area contributed by atoms with Crippen LogP contribution < -0.4 is 0 Å². The van der Waals surface area contributed by atoms with Gasteiger partial charge >= 0.3 is 0 Å². The monoisotopic (exact) mass is 253 g/mol. The van der Waals surface area contributed by atoms with Crippen molar-refractivity contribution in [2.75, 3.05) is 20.3 Å². The third-order valence-corrected chi connectivity index (χ3v) is 4.64. The molecule has 0 unspecified atom stereocenters. The summed E-state index contributed by atoms with van der Waals surface area (Å²) in [4.78, 5) is 2.53. The first-order valence-corrected chi connectivity index (χ1v) is 7.22. The van der Waals surface area contributed by atoms with Gasteiger partial charge in [-0.2, -0.15) is 11.3 Å². The van der Waals surface area contributed by atoms with Crippen LogP contribution in [-0.2, 0) is 16.0 Å². The van der Waals surface area contributed by atoms with E-state index in [0.29, 0.717) is 12.1 Å². The molecule has 4 heteroatoms. The Balaban J connectivity index is 1.74. The smallest absolute Gasteiger partial charge is 0.0987 e. The lowest BCUT2D eigenvalue weighted by atomic mass is 10.1. The number of ether oxygens (including phenoxy) is 2. The molecule has 1 saturated heterocycles. The second kappa shape index (κ2) is 5.06. The van der Waals surface area contributed by atoms with Crippen molar-refractivity contribution >= 4 is 11.3 Å². The van der Waals surface area contributed by atoms with Crippen molar-refractivity contribution in [3.63, 3.8) is 0 Å². The first-order valence-electron chi connectivity index (χ1n) is 6.28. The number of hydrogen-bond donors (Lipinski definition) is 0. The first kappa shape index (κ1) is 11.7. The molecule has 2 heterocycles. The zero-order valence-electron chi connectivity index (χ0n) is 10.2. The summed E-state index contributed by atoms with van der Waals surface area (Å²) in [5.41, 5.74) is 1.41. The van der Waals surface area contributed by atoms with Crippen LogP contribution in [0.15, 0.2) is 16.8 Å². The summed E-state index contributed by atoms with van der Waals surface area (Å²) in [6, 6.07) is 2.75. The quantitative estimate of drug-likeness (QED) is 0.823. The number of nitrogens with zero attached hydrogens (tertiary/aromatic N) is 1. The minimum Gasteiger partial charge on any atom is -0.377 e. The zero-order valence-corrected chi connectivity index (χ0v) is 11.0. The predicted molar refractivity (Wildman–Crippen MR) is 68.3 cm³/mol. The minimum atomic E-state index is 0.260. The van der Waals surface area contributed by atoms with Crippen molar-refractivity contribution in [2.45, 2.75) is 37.6 Å². The van der Waals surface area contributed by atoms with Gasteiger partial charge in [0.2, 0.25) is 0 Å². The van der Waals surface area contributed by atoms with Crippen molar-refractivity contribution in [3.05, 3.63) is 22.4 Å². The molecule has 0 N–H and O–H groups in total. The molecule has 2 fully saturated rings. The Morgan fingerprint density at radius 2 is 2.47 bits per heavy atom. The van der Waals surface area contributed by atoms with Crippen molar-refractivity contribution < 1.29 is 9.47 Å². The Morgan fingerprint density at radius 3 is 3.24 bits per heavy atom. The largest absolute Gasteiger partial charge is 0.377 e. The fraction of sp³-hybridized carbons (Fsp3) is 0.692. The summed E-state index contributed by atoms with van der Waals surface area (Å²) in [5.74, 6) is 0. The highest BCUT2D eigenvalue weighted by molar-refractivity contribution is 7.07. The normalized spacial score (nSPS) is 33.8. The van der Waals surface area contributed by atoms with Gasteiger partial charge in [-0.1, -0.05) is 0 Å². The molecule has 1 aromatic heterocycles. The van der Waals surface area contributed by atoms with E-state index in [0.717, 1.165) is 26.1 Å². The van der Waals surface area contributed by atoms with Gasteiger partial charge in [0.05, 0.1) is 18.8 Å². The second-order valence-electron chi connectivity index (χ2n) is 4.86. The highest BCUT2D eigenvalue weighted by Gasteiger charge is 2.42. The Kier molecular flexibility index (Phi) is 3.47. The molecule has 0 spiro atoms. The lowest BCUT2D eigenvalue weighted by Crippen LogP contribution is -2.42. The molecule has 2 aliphatic rings. The van der Waals surface area contributed by atoms with Gasteiger partial charge in [-0.3, -0.25) is 4.90 Å². The van der Waals surface area contributed by atoms with Gasteiger partial charge in [0.25, 0.3) is 0 Å². The Bertz CT molecular complexity index is 354. The lowest BCUT2D eigenvalue weighted by molar-refractivity contribution is -0.0326. The maximum absolute atomic E-state index is 5.88. The molecule has 0 radical (unpaired) electrons. The predicted octanol–water partition coefficient (Wildman–Crippen LogP) is 2.13. The van der Waals surface area contributed by atoms with E-state index in [1.165, 1.54) is 12.0 Å². The average molecular weight is 253 g/mol. The molecule has 1 aliphatic heterocycles. The van der Waals surface area contributed by atoms with Crippen LogP contribution in [0.2, 0.25) is 0 Å². The van der Waals surface area contributed by atoms with Crippen molar-refractivity contribution in [1.82, 2.24) is 4.90 Å². The minimum absolute atomic E-state index is 0.260. The number of methoxy groups -OCH3 is 1. The number of thiophene rings is 1. The molecule has 1 aromatic rings. The topological polar surface area (TPSA) is 21.7 Å². The van der Waals surface area contributed by atoms with Crippen LogP contribution in [0.4, 0.5) is 0 Å². The Hall–Kier alpha value is -0.420. The Morgan fingerprint density at radius 1 is 1.53 bits per heavy atom. The van der Waals surface area contributed by atoms with E-state index in [2.05, 4.69) is 21.7 Å². The maximum Gasteiger partial charge on any atom is 0.0987 e. The fourth-order valence-corrected chi connectivity index (χ4v) is 3.75. The van der Waals surface area contributed by atoms with Crippen LogP contribution in [0.25, 0.3) is 0 Å². The SMILES string of the molecule is CO[C@@H]1[C@H]2CC[C@H]1OCCN2Cc1ccsc1. The molecule has 3 nitrogen and oxygen atoms in total. The van der Waals surface area contributed by atoms with E-state index in [1.54, 1.807) is 11.3 Å². The molecule has 1 aliphatic carbocycles. The van der Waals surface area contributed by atoms with E-state index < -0.39 is 0 Å². The van der Waals surface area contributed by atoms with Gasteiger partial charge in [-0.05, 0) is 35.2 Å². The van der Waals surface area contributed by atoms with Gasteiger partial charge in [0, 0.05) is 26.2 Å². The van der Waals surface area contributed by atoms with Gasteiger partial charge < -0.3 is 9.47 Å². The van der Waals surface area contributed by atoms with Crippen molar-refractivity contribution in [3.8, 4) is 0 Å². The number of fused-ring (bicyclic) bond motifs is 2. The average Bonchev–Trinajstić information content (AvgIpc) is 2.90. The van der Waals surface area contributed by atoms with Crippen LogP contribution in [0.5, 0.6) is 0 Å². The molecule has 3 atom stereocenters. The number of rotatable bonds is 3. The molecule has 94 valence electrons. The van der Waals surface area contributed by atoms with Crippen molar-refractivity contribution in [1.29, 1.82) is 0 Å². The van der Waals surface area contributed by atoms with E-state index in [1.807, 2.05) is 7.11 Å². The van der Waals surface area contributed by atoms with Gasteiger partial charge in [0.15, 0.2) is 0 Å². The molecule has 3 rings (SSSR count). The standard InChI is InChI=1S/C13H19NO2S/c1-15-13-11-2-3-12(13)16-6-5-14(11)8-10-4-7-17-9-10/h4,7,9,11-13H,2-3,5-6,8H2,1H3/t11-,12-,13-/m1/s1. The summed E-state index contributed by atoms with van der Waals surface area (Å²) in [5, 5.41) is 4.38. The van der Waals surface area contributed by atoms with Crippen LogP contribution in [0.1, 0.15) is 18.4 Å². The molecule has 0 aromatic carbocycles. The molecular weight excluding hydrogens is 234 g/mol. The molecule has 2 bridgehead atoms. The third kappa shape index (κ3) is 2.27. The van der Waals surface area contributed by atoms with Gasteiger partial charge in [-0.25, -0.2) is 0 Å². The van der Waals surface area contributed by atoms with E-state index in [9.17, 15) is 0 Å². The fourth-order valence-electron chi connectivity index (χ4n) is 3.09. The van der Waals surface area contributed by atoms with Crippen LogP contribution in [0.3, 0.4) is 0 Å². The molecule has 0 amide bonds. The summed E-state index contributed by atoms with van der Waals surface area (Å²) in [7, 11) is 1.81. The summed E-state index contributed by atoms with van der Waals surface area (Å²) in [6.45, 7) is 2.89. The van der Waals surface area contributed by atoms with E-state index in [4.69, 9.17) is 9.47 Å². The summed E-state index contributed by atoms with van der Waals surface area (Å²) >= 11 is 1.77. The van der Waals surface area contributed by atoms with E-state index in [-0.39, 0.29) is 6.10 Å². The Labute approximate surface area is 106 Å². The highest BCUT2D eigenvalue weighted by atomic mass is 32.1. The van der Waals surface area contributed by atoms with E-state index >= 15 is 0 Å². The third-order valence-electron chi connectivity index (χ3n) is 3.91. The first-order chi connectivity index (χ1) is 8.38. The number of hydrogen-bond acceptors (Lipinski definition) is 4. The van der Waals surface area contributed by atoms with Crippen LogP contribution >= 0.6 is 11.3 Å². The summed E-state index contributed by atoms with van der Waals surface area (Å²) < 4.78 is 11.5. The molecule has 1 saturated carbocycles. The van der Waals surface area contributed by atoms with Gasteiger partial charge in [-0.15, -0.1) is 0 Å². The van der Waals surface area contributed by atoms with Gasteiger partial charge in [0.1, 0.15) is 0 Å². The second-order valence-corrected chi connectivity index (χ2v) is 5.64. The van der Waals surface area contributed by atoms with Crippen molar-refractivity contribution in [2.24, 2.45) is 0 Å². The van der Waals surface area contributed by atoms with Crippen LogP contribution in [0, 0.1) is 0 Å². The summed E-state index contributed by atoms with van der Waals surface area (Å²) in [6.07, 6.45) is 2.92. The maximum atomic E-state index is 5.88. The highest BCUT2D eigenvalue weighted by Crippen LogP contribution is 2.32. The molecular formula is C13H19NO2S. The zero-order chi connectivity index (χ0) is 11.7.